The van der Waals surface area contributed by atoms with Crippen LogP contribution < -0.4 is 11.3 Å². The van der Waals surface area contributed by atoms with Gasteiger partial charge in [-0.1, -0.05) is 30.3 Å². The summed E-state index contributed by atoms with van der Waals surface area (Å²) in [6, 6.07) is 12.8. The molecule has 0 amide bonds. The zero-order valence-corrected chi connectivity index (χ0v) is 11.4. The second-order valence-electron chi connectivity index (χ2n) is 4.76. The van der Waals surface area contributed by atoms with E-state index in [0.717, 1.165) is 10.1 Å². The number of hydrogen-bond donors (Lipinski definition) is 1. The Labute approximate surface area is 123 Å². The lowest BCUT2D eigenvalue weighted by Crippen LogP contribution is -2.33. The molecule has 0 aliphatic heterocycles. The van der Waals surface area contributed by atoms with Crippen molar-refractivity contribution >= 4 is 16.9 Å². The summed E-state index contributed by atoms with van der Waals surface area (Å²) in [6.07, 6.45) is 0. The van der Waals surface area contributed by atoms with E-state index in [-0.39, 0.29) is 23.1 Å². The average molecular weight is 297 g/mol. The summed E-state index contributed by atoms with van der Waals surface area (Å²) < 4.78 is 6.04. The van der Waals surface area contributed by atoms with Crippen LogP contribution in [-0.4, -0.2) is 15.6 Å². The third-order valence-electron chi connectivity index (χ3n) is 3.30. The fraction of sp³-hybridized carbons (Fsp3) is 0.0625. The number of nitrogens with zero attached hydrogens (tertiary/aromatic N) is 1. The van der Waals surface area contributed by atoms with Gasteiger partial charge in [-0.25, -0.2) is 14.2 Å². The molecule has 1 heterocycles. The second-order valence-corrected chi connectivity index (χ2v) is 4.76. The Morgan fingerprint density at radius 1 is 1.09 bits per heavy atom. The van der Waals surface area contributed by atoms with E-state index in [1.54, 1.807) is 24.3 Å². The number of aromatic nitrogens is 1. The van der Waals surface area contributed by atoms with E-state index in [4.69, 9.17) is 9.52 Å². The highest BCUT2D eigenvalue weighted by Crippen LogP contribution is 2.11. The maximum atomic E-state index is 12.4. The fourth-order valence-electron chi connectivity index (χ4n) is 2.20. The Morgan fingerprint density at radius 2 is 1.82 bits per heavy atom. The normalized spacial score (nSPS) is 10.7. The van der Waals surface area contributed by atoms with E-state index >= 15 is 0 Å². The Balaban J connectivity index is 2.20. The van der Waals surface area contributed by atoms with E-state index in [0.29, 0.717) is 0 Å². The minimum absolute atomic E-state index is 0.0373. The van der Waals surface area contributed by atoms with Crippen LogP contribution in [0.1, 0.15) is 15.9 Å². The van der Waals surface area contributed by atoms with Gasteiger partial charge in [-0.2, -0.15) is 0 Å². The van der Waals surface area contributed by atoms with Crippen LogP contribution in [0.5, 0.6) is 0 Å². The molecular weight excluding hydrogens is 286 g/mol. The van der Waals surface area contributed by atoms with Gasteiger partial charge in [0.15, 0.2) is 0 Å². The quantitative estimate of drug-likeness (QED) is 0.794. The topological polar surface area (TPSA) is 89.5 Å². The molecule has 110 valence electrons. The molecule has 0 radical (unpaired) electrons. The maximum absolute atomic E-state index is 12.4. The molecule has 3 aromatic rings. The molecule has 3 rings (SSSR count). The number of benzene rings is 2. The average Bonchev–Trinajstić information content (AvgIpc) is 2.52. The lowest BCUT2D eigenvalue weighted by Gasteiger charge is -2.06. The summed E-state index contributed by atoms with van der Waals surface area (Å²) in [5.41, 5.74) is 0.234. The van der Waals surface area contributed by atoms with Crippen molar-refractivity contribution in [1.82, 2.24) is 4.57 Å². The van der Waals surface area contributed by atoms with Crippen LogP contribution in [-0.2, 0) is 6.54 Å². The fourth-order valence-corrected chi connectivity index (χ4v) is 2.20. The molecule has 0 aliphatic rings. The predicted molar refractivity (Wildman–Crippen MR) is 79.2 cm³/mol. The summed E-state index contributed by atoms with van der Waals surface area (Å²) in [4.78, 5) is 35.4. The first-order chi connectivity index (χ1) is 10.6. The van der Waals surface area contributed by atoms with Gasteiger partial charge < -0.3 is 9.52 Å². The SMILES string of the molecule is O=C(O)c1ccc2oc(=O)n(Cc3ccccc3)c(=O)c2c1. The Hall–Kier alpha value is -3.15. The largest absolute Gasteiger partial charge is 0.478 e. The molecule has 0 unspecified atom stereocenters. The number of carbonyl (C=O) groups is 1. The molecule has 1 aromatic heterocycles. The lowest BCUT2D eigenvalue weighted by molar-refractivity contribution is 0.0697. The summed E-state index contributed by atoms with van der Waals surface area (Å²) >= 11 is 0. The van der Waals surface area contributed by atoms with Crippen molar-refractivity contribution in [3.05, 3.63) is 80.6 Å². The zero-order valence-electron chi connectivity index (χ0n) is 11.4. The molecule has 6 heteroatoms. The van der Waals surface area contributed by atoms with Crippen LogP contribution >= 0.6 is 0 Å². The van der Waals surface area contributed by atoms with Crippen molar-refractivity contribution in [2.45, 2.75) is 6.54 Å². The van der Waals surface area contributed by atoms with Crippen molar-refractivity contribution < 1.29 is 14.3 Å². The molecule has 1 N–H and O–H groups in total. The maximum Gasteiger partial charge on any atom is 0.422 e. The van der Waals surface area contributed by atoms with Crippen molar-refractivity contribution in [1.29, 1.82) is 0 Å². The van der Waals surface area contributed by atoms with E-state index in [2.05, 4.69) is 0 Å². The molecule has 22 heavy (non-hydrogen) atoms. The van der Waals surface area contributed by atoms with Gasteiger partial charge in [0.05, 0.1) is 17.5 Å². The second kappa shape index (κ2) is 5.33. The van der Waals surface area contributed by atoms with E-state index in [1.807, 2.05) is 6.07 Å². The van der Waals surface area contributed by atoms with Gasteiger partial charge in [-0.05, 0) is 23.8 Å². The van der Waals surface area contributed by atoms with Crippen LogP contribution in [0.2, 0.25) is 0 Å². The van der Waals surface area contributed by atoms with Crippen molar-refractivity contribution in [3.8, 4) is 0 Å². The molecule has 2 aromatic carbocycles. The molecule has 0 fully saturated rings. The number of rotatable bonds is 3. The van der Waals surface area contributed by atoms with Crippen molar-refractivity contribution in [2.75, 3.05) is 0 Å². The highest BCUT2D eigenvalue weighted by atomic mass is 16.4. The van der Waals surface area contributed by atoms with Gasteiger partial charge in [0.2, 0.25) is 0 Å². The summed E-state index contributed by atoms with van der Waals surface area (Å²) in [5, 5.41) is 9.06. The van der Waals surface area contributed by atoms with Crippen molar-refractivity contribution in [3.63, 3.8) is 0 Å². The van der Waals surface area contributed by atoms with Crippen LogP contribution in [0.4, 0.5) is 0 Å². The Kier molecular flexibility index (Phi) is 3.34. The molecule has 0 bridgehead atoms. The lowest BCUT2D eigenvalue weighted by atomic mass is 10.1. The highest BCUT2D eigenvalue weighted by molar-refractivity contribution is 5.92. The number of carboxylic acids is 1. The van der Waals surface area contributed by atoms with Gasteiger partial charge in [-0.3, -0.25) is 4.79 Å². The zero-order chi connectivity index (χ0) is 15.7. The standard InChI is InChI=1S/C16H11NO5/c18-14-12-8-11(15(19)20)6-7-13(12)22-16(21)17(14)9-10-4-2-1-3-5-10/h1-8H,9H2,(H,19,20). The molecule has 0 saturated heterocycles. The molecule has 6 nitrogen and oxygen atoms in total. The first-order valence-corrected chi connectivity index (χ1v) is 6.51. The van der Waals surface area contributed by atoms with E-state index in [1.165, 1.54) is 18.2 Å². The minimum atomic E-state index is -1.15. The third-order valence-corrected chi connectivity index (χ3v) is 3.30. The van der Waals surface area contributed by atoms with Gasteiger partial charge in [-0.15, -0.1) is 0 Å². The van der Waals surface area contributed by atoms with Crippen LogP contribution in [0.3, 0.4) is 0 Å². The van der Waals surface area contributed by atoms with Gasteiger partial charge in [0.1, 0.15) is 5.58 Å². The Morgan fingerprint density at radius 3 is 2.50 bits per heavy atom. The van der Waals surface area contributed by atoms with Crippen LogP contribution in [0.25, 0.3) is 11.0 Å². The van der Waals surface area contributed by atoms with Gasteiger partial charge in [0.25, 0.3) is 5.56 Å². The van der Waals surface area contributed by atoms with Crippen LogP contribution in [0.15, 0.2) is 62.5 Å². The number of fused-ring (bicyclic) bond motifs is 1. The van der Waals surface area contributed by atoms with Crippen molar-refractivity contribution in [2.24, 2.45) is 0 Å². The van der Waals surface area contributed by atoms with Crippen LogP contribution in [0, 0.1) is 0 Å². The molecule has 0 saturated carbocycles. The van der Waals surface area contributed by atoms with Gasteiger partial charge in [0, 0.05) is 0 Å². The van der Waals surface area contributed by atoms with Gasteiger partial charge >= 0.3 is 11.7 Å². The Bertz CT molecular complexity index is 969. The monoisotopic (exact) mass is 297 g/mol. The molecular formula is C16H11NO5. The first kappa shape index (κ1) is 13.8. The third kappa shape index (κ3) is 2.42. The number of hydrogen-bond acceptors (Lipinski definition) is 4. The minimum Gasteiger partial charge on any atom is -0.478 e. The molecule has 0 aliphatic carbocycles. The molecule has 0 spiro atoms. The summed E-state index contributed by atoms with van der Waals surface area (Å²) in [7, 11) is 0. The first-order valence-electron chi connectivity index (χ1n) is 6.51. The smallest absolute Gasteiger partial charge is 0.422 e. The summed E-state index contributed by atoms with van der Waals surface area (Å²) in [6.45, 7) is 0.0647. The predicted octanol–water partition coefficient (Wildman–Crippen LogP) is 1.70. The highest BCUT2D eigenvalue weighted by Gasteiger charge is 2.12. The van der Waals surface area contributed by atoms with E-state index in [9.17, 15) is 14.4 Å². The summed E-state index contributed by atoms with van der Waals surface area (Å²) in [5.74, 6) is -1.92. The number of carboxylic acid groups (broad SMARTS) is 1. The van der Waals surface area contributed by atoms with E-state index < -0.39 is 17.3 Å². The molecule has 0 atom stereocenters. The number of aromatic carboxylic acids is 1.